The van der Waals surface area contributed by atoms with Gasteiger partial charge in [0.2, 0.25) is 0 Å². The van der Waals surface area contributed by atoms with Crippen LogP contribution < -0.4 is 0 Å². The van der Waals surface area contributed by atoms with Crippen molar-refractivity contribution in [2.45, 2.75) is 13.1 Å². The van der Waals surface area contributed by atoms with Crippen molar-refractivity contribution in [2.75, 3.05) is 0 Å². The zero-order valence-corrected chi connectivity index (χ0v) is 14.7. The summed E-state index contributed by atoms with van der Waals surface area (Å²) in [5, 5.41) is 0. The first-order valence-corrected chi connectivity index (χ1v) is 8.70. The van der Waals surface area contributed by atoms with Gasteiger partial charge in [0, 0.05) is 5.57 Å². The van der Waals surface area contributed by atoms with Crippen LogP contribution in [-0.2, 0) is 0 Å². The minimum atomic E-state index is -4.43. The van der Waals surface area contributed by atoms with E-state index in [9.17, 15) is 13.2 Å². The van der Waals surface area contributed by atoms with Gasteiger partial charge >= 0.3 is 6.18 Å². The highest BCUT2D eigenvalue weighted by molar-refractivity contribution is 6.10. The summed E-state index contributed by atoms with van der Waals surface area (Å²) >= 11 is 0. The molecule has 1 aliphatic rings. The lowest BCUT2D eigenvalue weighted by atomic mass is 9.87. The summed E-state index contributed by atoms with van der Waals surface area (Å²) in [6, 6.07) is 24.0. The molecular weight excluding hydrogens is 345 g/mol. The molecule has 0 N–H and O–H groups in total. The number of hydrogen-bond acceptors (Lipinski definition) is 0. The molecule has 0 spiro atoms. The fourth-order valence-electron chi connectivity index (χ4n) is 3.58. The number of alkyl halides is 3. The molecule has 0 atom stereocenters. The molecule has 4 rings (SSSR count). The van der Waals surface area contributed by atoms with Gasteiger partial charge in [-0.05, 0) is 40.8 Å². The van der Waals surface area contributed by atoms with E-state index in [0.29, 0.717) is 16.7 Å². The zero-order valence-electron chi connectivity index (χ0n) is 14.7. The van der Waals surface area contributed by atoms with Crippen LogP contribution in [0.1, 0.15) is 27.8 Å². The topological polar surface area (TPSA) is 0 Å². The Kier molecular flexibility index (Phi) is 4.23. The summed E-state index contributed by atoms with van der Waals surface area (Å²) in [5.74, 6) is 0. The van der Waals surface area contributed by atoms with Crippen LogP contribution in [0, 0.1) is 6.92 Å². The van der Waals surface area contributed by atoms with Crippen LogP contribution in [0.3, 0.4) is 0 Å². The maximum Gasteiger partial charge on any atom is 0.417 e. The number of rotatable bonds is 2. The molecule has 0 saturated heterocycles. The van der Waals surface area contributed by atoms with E-state index in [1.807, 2.05) is 61.5 Å². The van der Waals surface area contributed by atoms with Crippen LogP contribution in [0.25, 0.3) is 17.2 Å². The summed E-state index contributed by atoms with van der Waals surface area (Å²) in [6.07, 6.45) is -3.18. The molecule has 0 aromatic heterocycles. The van der Waals surface area contributed by atoms with Gasteiger partial charge in [-0.1, -0.05) is 84.4 Å². The van der Waals surface area contributed by atoms with Crippen molar-refractivity contribution in [3.8, 4) is 0 Å². The zero-order chi connectivity index (χ0) is 19.0. The summed E-state index contributed by atoms with van der Waals surface area (Å²) in [5.41, 5.74) is 4.02. The van der Waals surface area contributed by atoms with Crippen molar-refractivity contribution < 1.29 is 13.2 Å². The Balaban J connectivity index is 2.11. The number of fused-ring (bicyclic) bond motifs is 1. The number of hydrogen-bond donors (Lipinski definition) is 0. The molecule has 27 heavy (non-hydrogen) atoms. The molecule has 0 aliphatic heterocycles. The van der Waals surface area contributed by atoms with Crippen molar-refractivity contribution in [1.82, 2.24) is 0 Å². The third-order valence-corrected chi connectivity index (χ3v) is 4.72. The van der Waals surface area contributed by atoms with Gasteiger partial charge in [0.15, 0.2) is 0 Å². The van der Waals surface area contributed by atoms with Crippen LogP contribution in [0.15, 0.2) is 84.4 Å². The Morgan fingerprint density at radius 2 is 1.41 bits per heavy atom. The maximum atomic E-state index is 13.9. The van der Waals surface area contributed by atoms with Gasteiger partial charge in [-0.3, -0.25) is 0 Å². The monoisotopic (exact) mass is 362 g/mol. The summed E-state index contributed by atoms with van der Waals surface area (Å²) in [7, 11) is 0. The van der Waals surface area contributed by atoms with E-state index in [1.165, 1.54) is 6.08 Å². The number of benzene rings is 3. The molecule has 3 heteroatoms. The highest BCUT2D eigenvalue weighted by Gasteiger charge is 2.41. The van der Waals surface area contributed by atoms with E-state index < -0.39 is 11.7 Å². The molecule has 0 unspecified atom stereocenters. The second-order valence-corrected chi connectivity index (χ2v) is 6.63. The Morgan fingerprint density at radius 3 is 2.11 bits per heavy atom. The van der Waals surface area contributed by atoms with Crippen molar-refractivity contribution >= 4 is 17.2 Å². The third kappa shape index (κ3) is 3.21. The van der Waals surface area contributed by atoms with Crippen LogP contribution in [0.4, 0.5) is 13.2 Å². The Bertz CT molecular complexity index is 1050. The Morgan fingerprint density at radius 1 is 0.741 bits per heavy atom. The fourth-order valence-corrected chi connectivity index (χ4v) is 3.58. The second-order valence-electron chi connectivity index (χ2n) is 6.63. The molecule has 0 bridgehead atoms. The van der Waals surface area contributed by atoms with Crippen molar-refractivity contribution in [3.63, 3.8) is 0 Å². The number of allylic oxidation sites excluding steroid dienone is 2. The minimum Gasteiger partial charge on any atom is -0.166 e. The van der Waals surface area contributed by atoms with Crippen LogP contribution in [0.2, 0.25) is 0 Å². The minimum absolute atomic E-state index is 0.245. The van der Waals surface area contributed by atoms with E-state index in [4.69, 9.17) is 0 Å². The van der Waals surface area contributed by atoms with Gasteiger partial charge < -0.3 is 0 Å². The summed E-state index contributed by atoms with van der Waals surface area (Å²) < 4.78 is 41.8. The number of aryl methyl sites for hydroxylation is 1. The average molecular weight is 362 g/mol. The lowest BCUT2D eigenvalue weighted by Crippen LogP contribution is -2.12. The first-order chi connectivity index (χ1) is 12.9. The van der Waals surface area contributed by atoms with Gasteiger partial charge in [0.25, 0.3) is 0 Å². The SMILES string of the molecule is Cc1cccc(/C(=C2/C(C(F)(F)F)=Cc3ccccc32)c2ccccc2)c1. The number of halogens is 3. The van der Waals surface area contributed by atoms with Crippen molar-refractivity contribution in [1.29, 1.82) is 0 Å². The molecule has 1 aliphatic carbocycles. The van der Waals surface area contributed by atoms with Gasteiger partial charge in [0.1, 0.15) is 0 Å². The Labute approximate surface area is 156 Å². The van der Waals surface area contributed by atoms with Gasteiger partial charge in [-0.25, -0.2) is 0 Å². The van der Waals surface area contributed by atoms with E-state index in [-0.39, 0.29) is 5.57 Å². The molecule has 0 radical (unpaired) electrons. The molecule has 0 amide bonds. The van der Waals surface area contributed by atoms with E-state index >= 15 is 0 Å². The molecule has 0 fully saturated rings. The largest absolute Gasteiger partial charge is 0.417 e. The third-order valence-electron chi connectivity index (χ3n) is 4.72. The smallest absolute Gasteiger partial charge is 0.166 e. The first-order valence-electron chi connectivity index (χ1n) is 8.70. The van der Waals surface area contributed by atoms with E-state index in [2.05, 4.69) is 0 Å². The highest BCUT2D eigenvalue weighted by Crippen LogP contribution is 2.48. The Hall–Kier alpha value is -3.07. The normalized spacial score (nSPS) is 15.3. The molecule has 0 saturated carbocycles. The van der Waals surface area contributed by atoms with Gasteiger partial charge in [0.05, 0.1) is 5.57 Å². The fraction of sp³-hybridized carbons (Fsp3) is 0.0833. The molecule has 3 aromatic carbocycles. The summed E-state index contributed by atoms with van der Waals surface area (Å²) in [6.45, 7) is 1.94. The molecule has 0 nitrogen and oxygen atoms in total. The van der Waals surface area contributed by atoms with E-state index in [0.717, 1.165) is 16.7 Å². The lowest BCUT2D eigenvalue weighted by molar-refractivity contribution is -0.0859. The molecule has 0 heterocycles. The predicted octanol–water partition coefficient (Wildman–Crippen LogP) is 6.91. The lowest BCUT2D eigenvalue weighted by Gasteiger charge is -2.19. The quantitative estimate of drug-likeness (QED) is 0.464. The second kappa shape index (κ2) is 6.58. The predicted molar refractivity (Wildman–Crippen MR) is 104 cm³/mol. The van der Waals surface area contributed by atoms with Crippen LogP contribution >= 0.6 is 0 Å². The highest BCUT2D eigenvalue weighted by atomic mass is 19.4. The van der Waals surface area contributed by atoms with Crippen molar-refractivity contribution in [2.24, 2.45) is 0 Å². The summed E-state index contributed by atoms with van der Waals surface area (Å²) in [4.78, 5) is 0. The standard InChI is InChI=1S/C24H17F3/c1-16-8-7-12-19(14-16)22(17-9-3-2-4-10-17)23-20-13-6-5-11-18(20)15-21(23)24(25,26)27/h2-15H,1H3/b23-22+. The molecule has 3 aromatic rings. The van der Waals surface area contributed by atoms with Crippen LogP contribution in [0.5, 0.6) is 0 Å². The van der Waals surface area contributed by atoms with Gasteiger partial charge in [-0.15, -0.1) is 0 Å². The van der Waals surface area contributed by atoms with E-state index in [1.54, 1.807) is 24.3 Å². The van der Waals surface area contributed by atoms with Crippen molar-refractivity contribution in [3.05, 3.63) is 112 Å². The maximum absolute atomic E-state index is 13.9. The van der Waals surface area contributed by atoms with Crippen LogP contribution in [-0.4, -0.2) is 6.18 Å². The molecule has 134 valence electrons. The average Bonchev–Trinajstić information content (AvgIpc) is 3.03. The first kappa shape index (κ1) is 17.3. The van der Waals surface area contributed by atoms with Gasteiger partial charge in [-0.2, -0.15) is 13.2 Å². The molecular formula is C24H17F3.